The number of H-pyrrole nitrogens is 1. The molecule has 3 aromatic rings. The number of unbranched alkanes of at least 4 members (excludes halogenated alkanes) is 1. The number of aliphatic hydroxyl groups is 1. The Labute approximate surface area is 166 Å². The van der Waals surface area contributed by atoms with Crippen molar-refractivity contribution in [2.45, 2.75) is 58.3 Å². The van der Waals surface area contributed by atoms with Crippen LogP contribution in [-0.4, -0.2) is 36.3 Å². The summed E-state index contributed by atoms with van der Waals surface area (Å²) >= 11 is 0. The lowest BCUT2D eigenvalue weighted by molar-refractivity contribution is 0.213. The summed E-state index contributed by atoms with van der Waals surface area (Å²) in [6.45, 7) is 5.81. The van der Waals surface area contributed by atoms with Gasteiger partial charge in [0.25, 0.3) is 0 Å². The summed E-state index contributed by atoms with van der Waals surface area (Å²) in [5, 5.41) is 15.4. The molecule has 0 bridgehead atoms. The highest BCUT2D eigenvalue weighted by atomic mass is 16.3. The molecule has 0 unspecified atom stereocenters. The molecule has 1 aliphatic heterocycles. The molecule has 1 aliphatic rings. The van der Waals surface area contributed by atoms with Crippen molar-refractivity contribution in [3.8, 4) is 0 Å². The monoisotopic (exact) mass is 379 g/mol. The zero-order valence-corrected chi connectivity index (χ0v) is 16.5. The average Bonchev–Trinajstić information content (AvgIpc) is 3.29. The Morgan fingerprint density at radius 1 is 1.21 bits per heavy atom. The maximum absolute atomic E-state index is 10.7. The van der Waals surface area contributed by atoms with Gasteiger partial charge in [0.05, 0.1) is 11.4 Å². The first-order valence-electron chi connectivity index (χ1n) is 10.3. The molecule has 2 N–H and O–H groups in total. The van der Waals surface area contributed by atoms with Crippen LogP contribution in [0.4, 0.5) is 0 Å². The third-order valence-corrected chi connectivity index (χ3v) is 5.35. The van der Waals surface area contributed by atoms with Crippen molar-refractivity contribution >= 4 is 0 Å². The normalized spacial score (nSPS) is 15.9. The Morgan fingerprint density at radius 2 is 2.07 bits per heavy atom. The van der Waals surface area contributed by atoms with Gasteiger partial charge >= 0.3 is 0 Å². The quantitative estimate of drug-likeness (QED) is 0.660. The molecule has 6 nitrogen and oxygen atoms in total. The largest absolute Gasteiger partial charge is 0.382 e. The fraction of sp³-hybridized carbons (Fsp3) is 0.455. The third-order valence-electron chi connectivity index (χ3n) is 5.35. The minimum Gasteiger partial charge on any atom is -0.382 e. The van der Waals surface area contributed by atoms with Crippen molar-refractivity contribution in [3.63, 3.8) is 0 Å². The SMILES string of the molecule is CCCCc1ncc(CN2CCCn3nc([C@H](O)c4ccccc4)cc3C2)[nH]1. The highest BCUT2D eigenvalue weighted by Gasteiger charge is 2.21. The van der Waals surface area contributed by atoms with E-state index in [1.807, 2.05) is 36.5 Å². The van der Waals surface area contributed by atoms with Gasteiger partial charge in [0.1, 0.15) is 11.9 Å². The number of nitrogens with zero attached hydrogens (tertiary/aromatic N) is 4. The van der Waals surface area contributed by atoms with Crippen LogP contribution in [0.3, 0.4) is 0 Å². The fourth-order valence-electron chi connectivity index (χ4n) is 3.82. The van der Waals surface area contributed by atoms with Gasteiger partial charge < -0.3 is 10.1 Å². The molecule has 0 fully saturated rings. The van der Waals surface area contributed by atoms with Crippen LogP contribution >= 0.6 is 0 Å². The number of hydrogen-bond acceptors (Lipinski definition) is 4. The predicted octanol–water partition coefficient (Wildman–Crippen LogP) is 3.44. The highest BCUT2D eigenvalue weighted by molar-refractivity contribution is 5.26. The van der Waals surface area contributed by atoms with Gasteiger partial charge in [-0.1, -0.05) is 43.7 Å². The zero-order chi connectivity index (χ0) is 19.3. The molecule has 0 saturated carbocycles. The van der Waals surface area contributed by atoms with E-state index in [2.05, 4.69) is 37.6 Å². The summed E-state index contributed by atoms with van der Waals surface area (Å²) < 4.78 is 2.06. The van der Waals surface area contributed by atoms with Crippen LogP contribution in [0.2, 0.25) is 0 Å². The Kier molecular flexibility index (Phi) is 5.88. The van der Waals surface area contributed by atoms with Crippen LogP contribution in [0, 0.1) is 0 Å². The number of fused-ring (bicyclic) bond motifs is 1. The number of hydrogen-bond donors (Lipinski definition) is 2. The van der Waals surface area contributed by atoms with Crippen LogP contribution in [0.1, 0.15) is 60.8 Å². The van der Waals surface area contributed by atoms with Gasteiger partial charge in [-0.25, -0.2) is 4.98 Å². The van der Waals surface area contributed by atoms with Crippen molar-refractivity contribution < 1.29 is 5.11 Å². The van der Waals surface area contributed by atoms with E-state index in [1.165, 1.54) is 18.5 Å². The van der Waals surface area contributed by atoms with Crippen LogP contribution in [-0.2, 0) is 26.1 Å². The summed E-state index contributed by atoms with van der Waals surface area (Å²) in [5.41, 5.74) is 3.94. The van der Waals surface area contributed by atoms with Crippen molar-refractivity contribution in [2.24, 2.45) is 0 Å². The lowest BCUT2D eigenvalue weighted by Gasteiger charge is -2.18. The van der Waals surface area contributed by atoms with Crippen molar-refractivity contribution in [1.82, 2.24) is 24.6 Å². The molecule has 0 saturated heterocycles. The molecule has 3 heterocycles. The van der Waals surface area contributed by atoms with Crippen LogP contribution in [0.5, 0.6) is 0 Å². The van der Waals surface area contributed by atoms with Gasteiger partial charge in [0.2, 0.25) is 0 Å². The lowest BCUT2D eigenvalue weighted by Crippen LogP contribution is -2.23. The minimum absolute atomic E-state index is 0.678. The van der Waals surface area contributed by atoms with Gasteiger partial charge in [-0.15, -0.1) is 0 Å². The van der Waals surface area contributed by atoms with E-state index in [1.54, 1.807) is 0 Å². The van der Waals surface area contributed by atoms with Crippen molar-refractivity contribution in [3.05, 3.63) is 71.1 Å². The van der Waals surface area contributed by atoms with Crippen molar-refractivity contribution in [2.75, 3.05) is 6.54 Å². The molecule has 1 atom stereocenters. The van der Waals surface area contributed by atoms with Gasteiger partial charge in [-0.3, -0.25) is 9.58 Å². The molecule has 0 spiro atoms. The van der Waals surface area contributed by atoms with E-state index in [-0.39, 0.29) is 0 Å². The maximum Gasteiger partial charge on any atom is 0.123 e. The molecule has 148 valence electrons. The van der Waals surface area contributed by atoms with Crippen LogP contribution in [0.25, 0.3) is 0 Å². The molecule has 2 aromatic heterocycles. The molecule has 0 radical (unpaired) electrons. The molecular weight excluding hydrogens is 350 g/mol. The number of aromatic amines is 1. The molecule has 0 amide bonds. The van der Waals surface area contributed by atoms with Gasteiger partial charge in [-0.05, 0) is 24.5 Å². The van der Waals surface area contributed by atoms with Crippen LogP contribution in [0.15, 0.2) is 42.6 Å². The molecule has 6 heteroatoms. The molecule has 28 heavy (non-hydrogen) atoms. The highest BCUT2D eigenvalue weighted by Crippen LogP contribution is 2.24. The number of aliphatic hydroxyl groups excluding tert-OH is 1. The number of aryl methyl sites for hydroxylation is 2. The zero-order valence-electron chi connectivity index (χ0n) is 16.5. The number of nitrogens with one attached hydrogen (secondary N) is 1. The number of aromatic nitrogens is 4. The summed E-state index contributed by atoms with van der Waals surface area (Å²) in [5.74, 6) is 1.09. The number of rotatable bonds is 7. The smallest absolute Gasteiger partial charge is 0.123 e. The summed E-state index contributed by atoms with van der Waals surface area (Å²) in [6.07, 6.45) is 5.71. The number of benzene rings is 1. The van der Waals surface area contributed by atoms with E-state index < -0.39 is 6.10 Å². The molecule has 0 aliphatic carbocycles. The number of imidazole rings is 1. The lowest BCUT2D eigenvalue weighted by atomic mass is 10.1. The first-order chi connectivity index (χ1) is 13.7. The molecule has 4 rings (SSSR count). The summed E-state index contributed by atoms with van der Waals surface area (Å²) in [7, 11) is 0. The molecular formula is C22H29N5O. The van der Waals surface area contributed by atoms with Gasteiger partial charge in [-0.2, -0.15) is 5.10 Å². The van der Waals surface area contributed by atoms with Crippen molar-refractivity contribution in [1.29, 1.82) is 0 Å². The first-order valence-corrected chi connectivity index (χ1v) is 10.3. The summed E-state index contributed by atoms with van der Waals surface area (Å²) in [6, 6.07) is 11.8. The first kappa shape index (κ1) is 18.9. The van der Waals surface area contributed by atoms with Crippen LogP contribution < -0.4 is 0 Å². The predicted molar refractivity (Wildman–Crippen MR) is 109 cm³/mol. The third kappa shape index (κ3) is 4.34. The minimum atomic E-state index is -0.678. The Morgan fingerprint density at radius 3 is 2.89 bits per heavy atom. The second kappa shape index (κ2) is 8.71. The van der Waals surface area contributed by atoms with Gasteiger partial charge in [0, 0.05) is 44.5 Å². The van der Waals surface area contributed by atoms with E-state index in [0.29, 0.717) is 0 Å². The maximum atomic E-state index is 10.7. The Bertz CT molecular complexity index is 885. The van der Waals surface area contributed by atoms with E-state index in [4.69, 9.17) is 0 Å². The Hall–Kier alpha value is -2.44. The van der Waals surface area contributed by atoms with E-state index in [9.17, 15) is 5.11 Å². The molecule has 1 aromatic carbocycles. The van der Waals surface area contributed by atoms with E-state index >= 15 is 0 Å². The van der Waals surface area contributed by atoms with Gasteiger partial charge in [0.15, 0.2) is 0 Å². The van der Waals surface area contributed by atoms with E-state index in [0.717, 1.165) is 61.8 Å². The topological polar surface area (TPSA) is 70.0 Å². The second-order valence-corrected chi connectivity index (χ2v) is 7.62. The second-order valence-electron chi connectivity index (χ2n) is 7.62. The fourth-order valence-corrected chi connectivity index (χ4v) is 3.82. The standard InChI is InChI=1S/C22H29N5O/c1-2-3-10-21-23-14-18(24-21)15-26-11-7-12-27-19(16-26)13-20(25-27)22(28)17-8-5-4-6-9-17/h4-6,8-9,13-14,22,28H,2-3,7,10-12,15-16H2,1H3,(H,23,24)/t22-/m1/s1. The average molecular weight is 380 g/mol. The Balaban J connectivity index is 1.44. The summed E-state index contributed by atoms with van der Waals surface area (Å²) in [4.78, 5) is 10.4.